The first kappa shape index (κ1) is 24.5. The summed E-state index contributed by atoms with van der Waals surface area (Å²) in [4.78, 5) is 15.1. The average molecular weight is 470 g/mol. The number of rotatable bonds is 8. The lowest BCUT2D eigenvalue weighted by Gasteiger charge is -2.30. The van der Waals surface area contributed by atoms with E-state index in [0.717, 1.165) is 38.1 Å². The molecule has 0 saturated carbocycles. The Kier molecular flexibility index (Phi) is 8.79. The van der Waals surface area contributed by atoms with Gasteiger partial charge in [0.15, 0.2) is 0 Å². The van der Waals surface area contributed by atoms with Gasteiger partial charge in [-0.3, -0.25) is 4.79 Å². The highest BCUT2D eigenvalue weighted by Gasteiger charge is 2.30. The molecule has 2 fully saturated rings. The van der Waals surface area contributed by atoms with Crippen LogP contribution in [-0.2, 0) is 10.0 Å². The summed E-state index contributed by atoms with van der Waals surface area (Å²) in [5, 5.41) is 3.08. The lowest BCUT2D eigenvalue weighted by molar-refractivity contribution is 0.0952. The van der Waals surface area contributed by atoms with Gasteiger partial charge in [-0.1, -0.05) is 25.4 Å². The molecule has 3 rings (SSSR count). The van der Waals surface area contributed by atoms with Crippen LogP contribution in [0.25, 0.3) is 0 Å². The number of likely N-dealkylation sites (tertiary alicyclic amines) is 1. The van der Waals surface area contributed by atoms with Gasteiger partial charge < -0.3 is 10.2 Å². The van der Waals surface area contributed by atoms with Crippen LogP contribution in [0.4, 0.5) is 0 Å². The molecule has 2 aliphatic heterocycles. The SMILES string of the molecule is CC1CCCN(CCCCNC(=O)c2ccc(Cl)c(S(=O)(=O)N3CCCC(C)C3)c2)C1. The fourth-order valence-electron chi connectivity index (χ4n) is 4.60. The van der Waals surface area contributed by atoms with Crippen LogP contribution in [0.5, 0.6) is 0 Å². The lowest BCUT2D eigenvalue weighted by atomic mass is 10.0. The second-order valence-electron chi connectivity index (χ2n) is 9.27. The molecule has 0 radical (unpaired) electrons. The van der Waals surface area contributed by atoms with E-state index in [9.17, 15) is 13.2 Å². The van der Waals surface area contributed by atoms with Crippen LogP contribution < -0.4 is 5.32 Å². The molecule has 1 amide bonds. The van der Waals surface area contributed by atoms with E-state index in [2.05, 4.69) is 24.1 Å². The molecular weight excluding hydrogens is 434 g/mol. The summed E-state index contributed by atoms with van der Waals surface area (Å²) in [7, 11) is -3.71. The zero-order valence-electron chi connectivity index (χ0n) is 18.8. The largest absolute Gasteiger partial charge is 0.352 e. The predicted octanol–water partition coefficient (Wildman–Crippen LogP) is 4.00. The molecule has 0 aliphatic carbocycles. The Morgan fingerprint density at radius 1 is 1.10 bits per heavy atom. The van der Waals surface area contributed by atoms with Crippen molar-refractivity contribution >= 4 is 27.5 Å². The van der Waals surface area contributed by atoms with Crippen molar-refractivity contribution in [2.45, 2.75) is 57.3 Å². The van der Waals surface area contributed by atoms with Crippen molar-refractivity contribution in [2.24, 2.45) is 11.8 Å². The van der Waals surface area contributed by atoms with Crippen LogP contribution in [0, 0.1) is 11.8 Å². The van der Waals surface area contributed by atoms with Crippen molar-refractivity contribution in [1.82, 2.24) is 14.5 Å². The third-order valence-corrected chi connectivity index (χ3v) is 8.71. The van der Waals surface area contributed by atoms with Crippen molar-refractivity contribution in [1.29, 1.82) is 0 Å². The first-order chi connectivity index (χ1) is 14.8. The molecular formula is C23H36ClN3O3S. The highest BCUT2D eigenvalue weighted by atomic mass is 35.5. The number of nitrogens with zero attached hydrogens (tertiary/aromatic N) is 2. The zero-order chi connectivity index (χ0) is 22.4. The van der Waals surface area contributed by atoms with Crippen molar-refractivity contribution in [2.75, 3.05) is 39.3 Å². The van der Waals surface area contributed by atoms with Crippen LogP contribution in [0.15, 0.2) is 23.1 Å². The number of unbranched alkanes of at least 4 members (excludes halogenated alkanes) is 1. The predicted molar refractivity (Wildman–Crippen MR) is 125 cm³/mol. The maximum Gasteiger partial charge on any atom is 0.251 e. The maximum absolute atomic E-state index is 13.1. The molecule has 0 bridgehead atoms. The monoisotopic (exact) mass is 469 g/mol. The van der Waals surface area contributed by atoms with Crippen LogP contribution in [-0.4, -0.2) is 62.8 Å². The van der Waals surface area contributed by atoms with Gasteiger partial charge in [0.25, 0.3) is 5.91 Å². The number of piperidine rings is 2. The summed E-state index contributed by atoms with van der Waals surface area (Å²) in [5.74, 6) is 0.839. The maximum atomic E-state index is 13.1. The first-order valence-corrected chi connectivity index (χ1v) is 13.4. The zero-order valence-corrected chi connectivity index (χ0v) is 20.3. The van der Waals surface area contributed by atoms with E-state index in [-0.39, 0.29) is 15.8 Å². The highest BCUT2D eigenvalue weighted by molar-refractivity contribution is 7.89. The lowest BCUT2D eigenvalue weighted by Crippen LogP contribution is -2.39. The normalized spacial score (nSPS) is 23.6. The van der Waals surface area contributed by atoms with Crippen molar-refractivity contribution in [3.8, 4) is 0 Å². The van der Waals surface area contributed by atoms with E-state index in [4.69, 9.17) is 11.6 Å². The molecule has 1 aromatic rings. The second kappa shape index (κ2) is 11.1. The number of sulfonamides is 1. The van der Waals surface area contributed by atoms with E-state index >= 15 is 0 Å². The molecule has 2 saturated heterocycles. The topological polar surface area (TPSA) is 69.7 Å². The molecule has 6 nitrogen and oxygen atoms in total. The molecule has 0 spiro atoms. The number of nitrogens with one attached hydrogen (secondary N) is 1. The van der Waals surface area contributed by atoms with Crippen molar-refractivity contribution in [3.05, 3.63) is 28.8 Å². The molecule has 0 aromatic heterocycles. The van der Waals surface area contributed by atoms with Gasteiger partial charge in [-0.2, -0.15) is 4.31 Å². The quantitative estimate of drug-likeness (QED) is 0.584. The van der Waals surface area contributed by atoms with Gasteiger partial charge in [0, 0.05) is 31.7 Å². The number of hydrogen-bond acceptors (Lipinski definition) is 4. The van der Waals surface area contributed by atoms with Gasteiger partial charge in [0.05, 0.1) is 5.02 Å². The number of amides is 1. The summed E-state index contributed by atoms with van der Waals surface area (Å²) in [6.45, 7) is 9.34. The smallest absolute Gasteiger partial charge is 0.251 e. The number of hydrogen-bond donors (Lipinski definition) is 1. The van der Waals surface area contributed by atoms with Crippen LogP contribution in [0.2, 0.25) is 5.02 Å². The minimum atomic E-state index is -3.71. The third-order valence-electron chi connectivity index (χ3n) is 6.36. The summed E-state index contributed by atoms with van der Waals surface area (Å²) in [6, 6.07) is 4.51. The third kappa shape index (κ3) is 6.67. The van der Waals surface area contributed by atoms with Crippen molar-refractivity contribution in [3.63, 3.8) is 0 Å². The molecule has 174 valence electrons. The van der Waals surface area contributed by atoms with Gasteiger partial charge >= 0.3 is 0 Å². The number of halogens is 1. The Balaban J connectivity index is 1.53. The standard InChI is InChI=1S/C23H36ClN3O3S/c1-18-7-5-13-26(16-18)12-4-3-11-25-23(28)20-9-10-21(24)22(15-20)31(29,30)27-14-6-8-19(2)17-27/h9-10,15,18-19H,3-8,11-14,16-17H2,1-2H3,(H,25,28). The fraction of sp³-hybridized carbons (Fsp3) is 0.696. The van der Waals surface area contributed by atoms with Crippen LogP contribution in [0.3, 0.4) is 0 Å². The van der Waals surface area contributed by atoms with Crippen LogP contribution >= 0.6 is 11.6 Å². The van der Waals surface area contributed by atoms with Gasteiger partial charge in [0.1, 0.15) is 4.90 Å². The Labute approximate surface area is 192 Å². The number of carbonyl (C=O) groups excluding carboxylic acids is 1. The van der Waals surface area contributed by atoms with Gasteiger partial charge in [0.2, 0.25) is 10.0 Å². The molecule has 2 atom stereocenters. The number of benzene rings is 1. The minimum absolute atomic E-state index is 0.0233. The Hall–Kier alpha value is -1.15. The van der Waals surface area contributed by atoms with Crippen LogP contribution in [0.1, 0.15) is 62.7 Å². The summed E-state index contributed by atoms with van der Waals surface area (Å²) in [6.07, 6.45) is 6.41. The van der Waals surface area contributed by atoms with E-state index in [1.807, 2.05) is 0 Å². The Morgan fingerprint density at radius 3 is 2.52 bits per heavy atom. The Morgan fingerprint density at radius 2 is 1.81 bits per heavy atom. The average Bonchev–Trinajstić information content (AvgIpc) is 2.73. The summed E-state index contributed by atoms with van der Waals surface area (Å²) < 4.78 is 27.7. The number of carbonyl (C=O) groups is 1. The highest BCUT2D eigenvalue weighted by Crippen LogP contribution is 2.29. The first-order valence-electron chi connectivity index (χ1n) is 11.6. The van der Waals surface area contributed by atoms with E-state index < -0.39 is 10.0 Å². The molecule has 8 heteroatoms. The van der Waals surface area contributed by atoms with Gasteiger partial charge in [-0.15, -0.1) is 0 Å². The fourth-order valence-corrected chi connectivity index (χ4v) is 6.70. The van der Waals surface area contributed by atoms with Crippen molar-refractivity contribution < 1.29 is 13.2 Å². The van der Waals surface area contributed by atoms with E-state index in [1.54, 1.807) is 6.07 Å². The van der Waals surface area contributed by atoms with Gasteiger partial charge in [-0.25, -0.2) is 8.42 Å². The summed E-state index contributed by atoms with van der Waals surface area (Å²) >= 11 is 6.23. The molecule has 2 aliphatic rings. The molecule has 1 N–H and O–H groups in total. The second-order valence-corrected chi connectivity index (χ2v) is 11.6. The minimum Gasteiger partial charge on any atom is -0.352 e. The van der Waals surface area contributed by atoms with E-state index in [1.165, 1.54) is 42.4 Å². The van der Waals surface area contributed by atoms with Gasteiger partial charge in [-0.05, 0) is 81.6 Å². The summed E-state index contributed by atoms with van der Waals surface area (Å²) in [5.41, 5.74) is 0.331. The molecule has 2 heterocycles. The molecule has 31 heavy (non-hydrogen) atoms. The molecule has 2 unspecified atom stereocenters. The molecule has 1 aromatic carbocycles. The van der Waals surface area contributed by atoms with E-state index in [0.29, 0.717) is 31.1 Å². The Bertz CT molecular complexity index is 862.